The Morgan fingerprint density at radius 3 is 2.31 bits per heavy atom. The molecule has 0 unspecified atom stereocenters. The van der Waals surface area contributed by atoms with Crippen molar-refractivity contribution in [2.24, 2.45) is 5.92 Å². The average Bonchev–Trinajstić information content (AvgIpc) is 2.71. The summed E-state index contributed by atoms with van der Waals surface area (Å²) in [5, 5.41) is -0.931. The molecule has 0 radical (unpaired) electrons. The van der Waals surface area contributed by atoms with Crippen LogP contribution < -0.4 is 0 Å². The topological polar surface area (TPSA) is 60.4 Å². The van der Waals surface area contributed by atoms with Gasteiger partial charge in [-0.15, -0.1) is 0 Å². The minimum absolute atomic E-state index is 0.00693. The van der Waals surface area contributed by atoms with Crippen molar-refractivity contribution in [1.82, 2.24) is 0 Å². The Morgan fingerprint density at radius 2 is 1.88 bits per heavy atom. The third-order valence-electron chi connectivity index (χ3n) is 3.14. The normalized spacial score (nSPS) is 19.6. The highest BCUT2D eigenvalue weighted by Crippen LogP contribution is 2.32. The number of sulfone groups is 1. The molecule has 0 aromatic heterocycles. The van der Waals surface area contributed by atoms with Gasteiger partial charge in [0.25, 0.3) is 0 Å². The molecule has 1 aliphatic rings. The smallest absolute Gasteiger partial charge is 0.324 e. The lowest BCUT2D eigenvalue weighted by Crippen LogP contribution is -2.38. The van der Waals surface area contributed by atoms with Gasteiger partial charge < -0.3 is 4.74 Å². The van der Waals surface area contributed by atoms with Crippen LogP contribution in [0.2, 0.25) is 0 Å². The van der Waals surface area contributed by atoms with Crippen LogP contribution in [0.4, 0.5) is 0 Å². The first-order valence-electron chi connectivity index (χ1n) is 5.91. The highest BCUT2D eigenvalue weighted by molar-refractivity contribution is 7.92. The van der Waals surface area contributed by atoms with Crippen molar-refractivity contribution >= 4 is 15.8 Å². The summed E-state index contributed by atoms with van der Waals surface area (Å²) >= 11 is 0. The molecule has 1 rings (SSSR count). The van der Waals surface area contributed by atoms with E-state index >= 15 is 0 Å². The zero-order valence-corrected chi connectivity index (χ0v) is 10.8. The lowest BCUT2D eigenvalue weighted by Gasteiger charge is -2.20. The number of esters is 1. The summed E-state index contributed by atoms with van der Waals surface area (Å²) in [7, 11) is -3.34. The molecule has 0 spiro atoms. The van der Waals surface area contributed by atoms with Crippen LogP contribution in [0.3, 0.4) is 0 Å². The monoisotopic (exact) mass is 248 g/mol. The maximum atomic E-state index is 11.9. The first-order valence-corrected chi connectivity index (χ1v) is 7.62. The Balaban J connectivity index is 2.88. The molecule has 0 heterocycles. The van der Waals surface area contributed by atoms with Crippen LogP contribution in [0.1, 0.15) is 39.5 Å². The zero-order valence-electron chi connectivity index (χ0n) is 9.94. The molecule has 0 amide bonds. The van der Waals surface area contributed by atoms with E-state index in [4.69, 9.17) is 4.74 Å². The molecule has 0 saturated heterocycles. The second-order valence-corrected chi connectivity index (χ2v) is 6.58. The molecule has 4 nitrogen and oxygen atoms in total. The first-order chi connectivity index (χ1) is 7.53. The molecule has 1 saturated carbocycles. The molecule has 94 valence electrons. The van der Waals surface area contributed by atoms with Gasteiger partial charge in [0, 0.05) is 5.75 Å². The molecule has 1 atom stereocenters. The summed E-state index contributed by atoms with van der Waals surface area (Å²) < 4.78 is 28.7. The van der Waals surface area contributed by atoms with Crippen LogP contribution in [0.25, 0.3) is 0 Å². The number of carbonyl (C=O) groups excluding carboxylic acids is 1. The number of carbonyl (C=O) groups is 1. The molecule has 1 fully saturated rings. The van der Waals surface area contributed by atoms with E-state index in [9.17, 15) is 13.2 Å². The van der Waals surface area contributed by atoms with E-state index < -0.39 is 21.1 Å². The van der Waals surface area contributed by atoms with Crippen LogP contribution in [-0.2, 0) is 19.4 Å². The molecule has 16 heavy (non-hydrogen) atoms. The van der Waals surface area contributed by atoms with Gasteiger partial charge >= 0.3 is 5.97 Å². The molecule has 0 aliphatic heterocycles. The third kappa shape index (κ3) is 2.97. The predicted octanol–water partition coefficient (Wildman–Crippen LogP) is 1.54. The van der Waals surface area contributed by atoms with Crippen molar-refractivity contribution in [3.05, 3.63) is 0 Å². The van der Waals surface area contributed by atoms with Crippen molar-refractivity contribution in [2.75, 3.05) is 12.4 Å². The highest BCUT2D eigenvalue weighted by atomic mass is 32.2. The van der Waals surface area contributed by atoms with Gasteiger partial charge in [-0.05, 0) is 25.7 Å². The van der Waals surface area contributed by atoms with Gasteiger partial charge in [-0.2, -0.15) is 0 Å². The summed E-state index contributed by atoms with van der Waals surface area (Å²) in [6, 6.07) is 0. The van der Waals surface area contributed by atoms with Crippen molar-refractivity contribution in [1.29, 1.82) is 0 Å². The van der Waals surface area contributed by atoms with E-state index in [1.54, 1.807) is 13.8 Å². The van der Waals surface area contributed by atoms with Gasteiger partial charge in [0.05, 0.1) is 6.61 Å². The second kappa shape index (κ2) is 5.66. The fourth-order valence-electron chi connectivity index (χ4n) is 2.30. The van der Waals surface area contributed by atoms with Crippen LogP contribution in [0, 0.1) is 5.92 Å². The second-order valence-electron chi connectivity index (χ2n) is 4.17. The number of hydrogen-bond donors (Lipinski definition) is 0. The van der Waals surface area contributed by atoms with Crippen molar-refractivity contribution in [3.8, 4) is 0 Å². The Hall–Kier alpha value is -0.580. The summed E-state index contributed by atoms with van der Waals surface area (Å²) in [6.45, 7) is 3.51. The van der Waals surface area contributed by atoms with Gasteiger partial charge in [0.2, 0.25) is 0 Å². The van der Waals surface area contributed by atoms with Crippen LogP contribution >= 0.6 is 0 Å². The van der Waals surface area contributed by atoms with Gasteiger partial charge in [-0.25, -0.2) is 8.42 Å². The van der Waals surface area contributed by atoms with E-state index in [1.165, 1.54) is 0 Å². The summed E-state index contributed by atoms with van der Waals surface area (Å²) in [4.78, 5) is 11.7. The third-order valence-corrected chi connectivity index (χ3v) is 5.29. The van der Waals surface area contributed by atoms with Crippen LogP contribution in [0.5, 0.6) is 0 Å². The SMILES string of the molecule is CCOC(=O)[C@@H](C1CCCC1)S(=O)(=O)CC. The Labute approximate surface area is 97.3 Å². The van der Waals surface area contributed by atoms with Crippen LogP contribution in [0.15, 0.2) is 0 Å². The van der Waals surface area contributed by atoms with E-state index in [-0.39, 0.29) is 18.3 Å². The lowest BCUT2D eigenvalue weighted by atomic mass is 10.0. The highest BCUT2D eigenvalue weighted by Gasteiger charge is 2.40. The van der Waals surface area contributed by atoms with E-state index in [0.29, 0.717) is 0 Å². The van der Waals surface area contributed by atoms with Crippen molar-refractivity contribution in [2.45, 2.75) is 44.8 Å². The molecule has 0 bridgehead atoms. The fourth-order valence-corrected chi connectivity index (χ4v) is 3.88. The van der Waals surface area contributed by atoms with Gasteiger partial charge in [0.1, 0.15) is 0 Å². The maximum absolute atomic E-state index is 11.9. The van der Waals surface area contributed by atoms with Crippen molar-refractivity contribution < 1.29 is 17.9 Å². The predicted molar refractivity (Wildman–Crippen MR) is 61.8 cm³/mol. The molecular weight excluding hydrogens is 228 g/mol. The number of ether oxygens (including phenoxy) is 1. The fraction of sp³-hybridized carbons (Fsp3) is 0.909. The standard InChI is InChI=1S/C11H20O4S/c1-3-15-11(12)10(16(13,14)4-2)9-7-5-6-8-9/h9-10H,3-8H2,1-2H3/t10-/m1/s1. The first kappa shape index (κ1) is 13.5. The van der Waals surface area contributed by atoms with Gasteiger partial charge in [-0.1, -0.05) is 19.8 Å². The minimum atomic E-state index is -3.34. The van der Waals surface area contributed by atoms with Gasteiger partial charge in [-0.3, -0.25) is 4.79 Å². The largest absolute Gasteiger partial charge is 0.465 e. The summed E-state index contributed by atoms with van der Waals surface area (Å²) in [5.74, 6) is -0.590. The molecule has 5 heteroatoms. The minimum Gasteiger partial charge on any atom is -0.465 e. The van der Waals surface area contributed by atoms with Gasteiger partial charge in [0.15, 0.2) is 15.1 Å². The molecular formula is C11H20O4S. The molecule has 1 aliphatic carbocycles. The average molecular weight is 248 g/mol. The van der Waals surface area contributed by atoms with Crippen molar-refractivity contribution in [3.63, 3.8) is 0 Å². The van der Waals surface area contributed by atoms with E-state index in [2.05, 4.69) is 0 Å². The quantitative estimate of drug-likeness (QED) is 0.692. The Kier molecular flexibility index (Phi) is 4.77. The van der Waals surface area contributed by atoms with E-state index in [0.717, 1.165) is 25.7 Å². The van der Waals surface area contributed by atoms with Crippen LogP contribution in [-0.4, -0.2) is 32.0 Å². The molecule has 0 aromatic carbocycles. The maximum Gasteiger partial charge on any atom is 0.324 e. The summed E-state index contributed by atoms with van der Waals surface area (Å²) in [6.07, 6.45) is 3.67. The zero-order chi connectivity index (χ0) is 12.2. The number of rotatable bonds is 5. The lowest BCUT2D eigenvalue weighted by molar-refractivity contribution is -0.143. The Bertz CT molecular complexity index is 328. The molecule has 0 N–H and O–H groups in total. The summed E-state index contributed by atoms with van der Waals surface area (Å²) in [5.41, 5.74) is 0. The Morgan fingerprint density at radius 1 is 1.31 bits per heavy atom. The number of hydrogen-bond acceptors (Lipinski definition) is 4. The van der Waals surface area contributed by atoms with E-state index in [1.807, 2.05) is 0 Å². The molecule has 0 aromatic rings.